The Morgan fingerprint density at radius 3 is 1.68 bits per heavy atom. The topological polar surface area (TPSA) is 113 Å². The number of alkyl halides is 3. The van der Waals surface area contributed by atoms with Crippen LogP contribution in [0.5, 0.6) is 11.5 Å². The molecule has 0 aliphatic rings. The zero-order valence-electron chi connectivity index (χ0n) is 26.4. The van der Waals surface area contributed by atoms with E-state index in [1.807, 2.05) is 64.1 Å². The fraction of sp³-hybridized carbons (Fsp3) is 0.189. The molecule has 6 N–H and O–H groups in total. The number of benzene rings is 4. The third-order valence-corrected chi connectivity index (χ3v) is 7.68. The maximum Gasteiger partial charge on any atom is 0.417 e. The summed E-state index contributed by atoms with van der Waals surface area (Å²) in [6.07, 6.45) is -4.62. The molecule has 0 atom stereocenters. The van der Waals surface area contributed by atoms with Crippen molar-refractivity contribution in [2.24, 2.45) is 0 Å². The highest BCUT2D eigenvalue weighted by Gasteiger charge is 2.34. The molecule has 0 saturated heterocycles. The Balaban J connectivity index is 1.23. The van der Waals surface area contributed by atoms with Crippen LogP contribution in [0.1, 0.15) is 44.4 Å². The minimum atomic E-state index is -4.62. The molecule has 0 aliphatic carbocycles. The van der Waals surface area contributed by atoms with Crippen LogP contribution < -0.4 is 15.4 Å². The maximum atomic E-state index is 14.3. The first kappa shape index (κ1) is 31.5. The molecule has 0 unspecified atom stereocenters. The largest absolute Gasteiger partial charge is 0.457 e. The second-order valence-corrected chi connectivity index (χ2v) is 12.1. The first-order chi connectivity index (χ1) is 22.3. The van der Waals surface area contributed by atoms with Gasteiger partial charge in [0.05, 0.1) is 5.56 Å². The van der Waals surface area contributed by atoms with Crippen molar-refractivity contribution in [2.45, 2.75) is 46.0 Å². The smallest absolute Gasteiger partial charge is 0.417 e. The van der Waals surface area contributed by atoms with Crippen molar-refractivity contribution in [2.75, 3.05) is 0 Å². The van der Waals surface area contributed by atoms with Crippen molar-refractivity contribution in [1.29, 1.82) is 10.8 Å². The summed E-state index contributed by atoms with van der Waals surface area (Å²) >= 11 is 0. The highest BCUT2D eigenvalue weighted by atomic mass is 19.4. The summed E-state index contributed by atoms with van der Waals surface area (Å²) in [5.74, 6) is 1.07. The lowest BCUT2D eigenvalue weighted by molar-refractivity contribution is -0.137. The van der Waals surface area contributed by atoms with Crippen molar-refractivity contribution >= 4 is 33.5 Å². The molecule has 0 saturated carbocycles. The van der Waals surface area contributed by atoms with E-state index >= 15 is 0 Å². The van der Waals surface area contributed by atoms with Crippen LogP contribution in [0.2, 0.25) is 0 Å². The number of amidine groups is 2. The average Bonchev–Trinajstić information content (AvgIpc) is 3.64. The van der Waals surface area contributed by atoms with Gasteiger partial charge in [0.1, 0.15) is 23.2 Å². The number of rotatable bonds is 8. The van der Waals surface area contributed by atoms with Gasteiger partial charge in [-0.15, -0.1) is 0 Å². The zero-order valence-corrected chi connectivity index (χ0v) is 26.4. The highest BCUT2D eigenvalue weighted by molar-refractivity contribution is 6.01. The van der Waals surface area contributed by atoms with Gasteiger partial charge in [0.15, 0.2) is 0 Å². The third-order valence-electron chi connectivity index (χ3n) is 7.68. The number of hydrogen-bond donors (Lipinski definition) is 6. The summed E-state index contributed by atoms with van der Waals surface area (Å²) in [5.41, 5.74) is 4.21. The average molecular weight is 637 g/mol. The Kier molecular flexibility index (Phi) is 8.27. The Bertz CT molecular complexity index is 2110. The number of aromatic nitrogens is 2. The molecular formula is C37H35F3N6O. The minimum Gasteiger partial charge on any atom is -0.457 e. The van der Waals surface area contributed by atoms with E-state index in [4.69, 9.17) is 15.6 Å². The molecule has 7 nitrogen and oxygen atoms in total. The highest BCUT2D eigenvalue weighted by Crippen LogP contribution is 2.40. The van der Waals surface area contributed by atoms with Gasteiger partial charge in [0, 0.05) is 62.0 Å². The van der Waals surface area contributed by atoms with Crippen LogP contribution in [0.25, 0.3) is 44.3 Å². The molecule has 0 spiro atoms. The summed E-state index contributed by atoms with van der Waals surface area (Å²) in [6.45, 7) is 7.84. The van der Waals surface area contributed by atoms with Gasteiger partial charge in [0.25, 0.3) is 0 Å². The van der Waals surface area contributed by atoms with Crippen LogP contribution in [0.4, 0.5) is 13.2 Å². The molecule has 2 heterocycles. The van der Waals surface area contributed by atoms with E-state index in [0.717, 1.165) is 39.2 Å². The van der Waals surface area contributed by atoms with E-state index in [9.17, 15) is 13.2 Å². The molecule has 2 aromatic heterocycles. The van der Waals surface area contributed by atoms with Crippen LogP contribution in [0.15, 0.2) is 91.0 Å². The molecule has 0 amide bonds. The zero-order chi connectivity index (χ0) is 33.5. The molecule has 0 radical (unpaired) electrons. The van der Waals surface area contributed by atoms with Gasteiger partial charge in [-0.1, -0.05) is 24.3 Å². The van der Waals surface area contributed by atoms with Crippen molar-refractivity contribution in [3.63, 3.8) is 0 Å². The number of halogens is 3. The lowest BCUT2D eigenvalue weighted by Gasteiger charge is -2.14. The van der Waals surface area contributed by atoms with E-state index < -0.39 is 11.7 Å². The van der Waals surface area contributed by atoms with Crippen molar-refractivity contribution in [3.8, 4) is 34.0 Å². The first-order valence-electron chi connectivity index (χ1n) is 15.3. The van der Waals surface area contributed by atoms with Crippen LogP contribution in [0, 0.1) is 10.8 Å². The fourth-order valence-electron chi connectivity index (χ4n) is 5.50. The molecule has 6 rings (SSSR count). The van der Waals surface area contributed by atoms with Crippen LogP contribution in [-0.4, -0.2) is 33.7 Å². The van der Waals surface area contributed by atoms with Crippen LogP contribution in [0.3, 0.4) is 0 Å². The Hall–Kier alpha value is -5.51. The SMILES string of the molecule is CC(C)NC(=N)c1ccc2cc(-c3ccc(Oc4ccc(-c5cc6ccc(C(=N)NC(C)C)cc6[nH]5)c(C(F)(F)F)c4)cc3)[nH]c2c1. The predicted molar refractivity (Wildman–Crippen MR) is 183 cm³/mol. The number of ether oxygens (including phenoxy) is 1. The van der Waals surface area contributed by atoms with Crippen molar-refractivity contribution in [3.05, 3.63) is 108 Å². The second-order valence-electron chi connectivity index (χ2n) is 12.1. The van der Waals surface area contributed by atoms with Gasteiger partial charge in [-0.25, -0.2) is 0 Å². The summed E-state index contributed by atoms with van der Waals surface area (Å²) < 4.78 is 48.9. The second kappa shape index (κ2) is 12.4. The molecule has 0 fully saturated rings. The monoisotopic (exact) mass is 636 g/mol. The van der Waals surface area contributed by atoms with Gasteiger partial charge in [0.2, 0.25) is 0 Å². The third kappa shape index (κ3) is 6.86. The molecule has 0 aliphatic heterocycles. The molecule has 6 aromatic rings. The Morgan fingerprint density at radius 1 is 0.638 bits per heavy atom. The van der Waals surface area contributed by atoms with Gasteiger partial charge < -0.3 is 25.3 Å². The molecule has 240 valence electrons. The van der Waals surface area contributed by atoms with E-state index in [0.29, 0.717) is 28.4 Å². The van der Waals surface area contributed by atoms with Gasteiger partial charge >= 0.3 is 6.18 Å². The molecule has 0 bridgehead atoms. The molecule has 4 aromatic carbocycles. The number of H-pyrrole nitrogens is 2. The van der Waals surface area contributed by atoms with E-state index in [-0.39, 0.29) is 29.2 Å². The van der Waals surface area contributed by atoms with Crippen LogP contribution >= 0.6 is 0 Å². The summed E-state index contributed by atoms with van der Waals surface area (Å²) in [6, 6.07) is 26.1. The maximum absolute atomic E-state index is 14.3. The number of aromatic amines is 2. The molecule has 47 heavy (non-hydrogen) atoms. The standard InChI is InChI=1S/C37H35F3N6O/c1-20(2)43-35(41)25-7-5-23-15-31(45-32(23)17-25)22-9-11-27(12-10-22)47-28-13-14-29(30(19-28)37(38,39)40)34-16-24-6-8-26(18-33(24)46-34)36(42)44-21(3)4/h5-21,45-46H,1-4H3,(H2,41,43)(H2,42,44). The van der Waals surface area contributed by atoms with Crippen molar-refractivity contribution < 1.29 is 17.9 Å². The summed E-state index contributed by atoms with van der Waals surface area (Å²) in [4.78, 5) is 6.50. The lowest BCUT2D eigenvalue weighted by Crippen LogP contribution is -2.30. The number of hydrogen-bond acceptors (Lipinski definition) is 3. The Labute approximate surface area is 270 Å². The van der Waals surface area contributed by atoms with Crippen molar-refractivity contribution in [1.82, 2.24) is 20.6 Å². The number of nitrogens with one attached hydrogen (secondary N) is 6. The minimum absolute atomic E-state index is 0.00502. The first-order valence-corrected chi connectivity index (χ1v) is 15.3. The predicted octanol–water partition coefficient (Wildman–Crippen LogP) is 9.44. The Morgan fingerprint density at radius 2 is 1.15 bits per heavy atom. The number of fused-ring (bicyclic) bond motifs is 2. The molecule has 10 heteroatoms. The van der Waals surface area contributed by atoms with Crippen LogP contribution in [-0.2, 0) is 6.18 Å². The van der Waals surface area contributed by atoms with Gasteiger partial charge in [-0.05, 0) is 100.0 Å². The fourth-order valence-corrected chi connectivity index (χ4v) is 5.50. The molecular weight excluding hydrogens is 601 g/mol. The normalized spacial score (nSPS) is 11.9. The van der Waals surface area contributed by atoms with Gasteiger partial charge in [-0.2, -0.15) is 13.2 Å². The van der Waals surface area contributed by atoms with E-state index in [1.165, 1.54) is 12.1 Å². The summed E-state index contributed by atoms with van der Waals surface area (Å²) in [5, 5.41) is 24.4. The summed E-state index contributed by atoms with van der Waals surface area (Å²) in [7, 11) is 0. The quantitative estimate of drug-likeness (QED) is 0.0739. The van der Waals surface area contributed by atoms with E-state index in [2.05, 4.69) is 20.6 Å². The van der Waals surface area contributed by atoms with Gasteiger partial charge in [-0.3, -0.25) is 10.8 Å². The lowest BCUT2D eigenvalue weighted by atomic mass is 10.0. The van der Waals surface area contributed by atoms with E-state index in [1.54, 1.807) is 36.4 Å².